The molecule has 0 spiro atoms. The molecule has 5 nitrogen and oxygen atoms in total. The van der Waals surface area contributed by atoms with Gasteiger partial charge in [-0.05, 0) is 42.8 Å². The van der Waals surface area contributed by atoms with Crippen LogP contribution < -0.4 is 4.74 Å². The third kappa shape index (κ3) is 3.60. The highest BCUT2D eigenvalue weighted by Gasteiger charge is 2.09. The fraction of sp³-hybridized carbons (Fsp3) is 0.167. The van der Waals surface area contributed by atoms with Gasteiger partial charge in [0.2, 0.25) is 4.77 Å². The van der Waals surface area contributed by atoms with Crippen LogP contribution in [0, 0.1) is 18.6 Å². The molecule has 0 saturated carbocycles. The van der Waals surface area contributed by atoms with Gasteiger partial charge in [-0.3, -0.25) is 0 Å². The average molecular weight is 338 g/mol. The maximum atomic E-state index is 5.94. The van der Waals surface area contributed by atoms with Gasteiger partial charge in [0.1, 0.15) is 12.4 Å². The molecule has 0 amide bonds. The van der Waals surface area contributed by atoms with Crippen LogP contribution in [0.5, 0.6) is 5.75 Å². The van der Waals surface area contributed by atoms with Crippen LogP contribution in [0.4, 0.5) is 0 Å². The summed E-state index contributed by atoms with van der Waals surface area (Å²) in [4.78, 5) is 0. The summed E-state index contributed by atoms with van der Waals surface area (Å²) in [7, 11) is 0. The minimum Gasteiger partial charge on any atom is -0.485 e. The van der Waals surface area contributed by atoms with Crippen molar-refractivity contribution in [1.82, 2.24) is 14.9 Å². The van der Waals surface area contributed by atoms with Gasteiger partial charge in [0.25, 0.3) is 0 Å². The lowest BCUT2D eigenvalue weighted by Gasteiger charge is -2.11. The number of benzene rings is 2. The average Bonchev–Trinajstić information content (AvgIpc) is 2.93. The lowest BCUT2D eigenvalue weighted by molar-refractivity contribution is 0.287. The zero-order chi connectivity index (χ0) is 16.9. The van der Waals surface area contributed by atoms with Crippen LogP contribution >= 0.6 is 12.2 Å². The zero-order valence-electron chi connectivity index (χ0n) is 13.6. The van der Waals surface area contributed by atoms with Crippen LogP contribution in [0.2, 0.25) is 0 Å². The first-order chi connectivity index (χ1) is 11.6. The summed E-state index contributed by atoms with van der Waals surface area (Å²) in [5.74, 6) is 1.49. The summed E-state index contributed by atoms with van der Waals surface area (Å²) in [6.07, 6.45) is 1.74. The Morgan fingerprint density at radius 1 is 1.12 bits per heavy atom. The molecule has 0 aliphatic rings. The van der Waals surface area contributed by atoms with Crippen molar-refractivity contribution in [2.75, 3.05) is 0 Å². The maximum absolute atomic E-state index is 5.94. The highest BCUT2D eigenvalue weighted by molar-refractivity contribution is 7.71. The first kappa shape index (κ1) is 16.1. The largest absolute Gasteiger partial charge is 0.485 e. The molecule has 0 saturated heterocycles. The van der Waals surface area contributed by atoms with Gasteiger partial charge in [0, 0.05) is 0 Å². The number of nitrogens with zero attached hydrogens (tertiary/aromatic N) is 3. The molecule has 0 atom stereocenters. The van der Waals surface area contributed by atoms with Crippen LogP contribution in [0.1, 0.15) is 22.5 Å². The number of hydrogen-bond donors (Lipinski definition) is 1. The molecule has 0 radical (unpaired) electrons. The lowest BCUT2D eigenvalue weighted by Crippen LogP contribution is -2.05. The number of hydrogen-bond acceptors (Lipinski definition) is 4. The first-order valence-corrected chi connectivity index (χ1v) is 8.00. The van der Waals surface area contributed by atoms with Crippen molar-refractivity contribution < 1.29 is 4.74 Å². The summed E-state index contributed by atoms with van der Waals surface area (Å²) >= 11 is 5.25. The predicted molar refractivity (Wildman–Crippen MR) is 97.1 cm³/mol. The first-order valence-electron chi connectivity index (χ1n) is 7.60. The topological polar surface area (TPSA) is 55.2 Å². The Labute approximate surface area is 145 Å². The summed E-state index contributed by atoms with van der Waals surface area (Å²) in [6, 6.07) is 15.9. The molecule has 6 heteroatoms. The Balaban J connectivity index is 1.80. The molecule has 1 aromatic heterocycles. The van der Waals surface area contributed by atoms with Gasteiger partial charge in [-0.15, -0.1) is 0 Å². The van der Waals surface area contributed by atoms with Crippen molar-refractivity contribution in [2.45, 2.75) is 20.5 Å². The molecule has 24 heavy (non-hydrogen) atoms. The molecule has 3 rings (SSSR count). The van der Waals surface area contributed by atoms with E-state index in [2.05, 4.69) is 15.3 Å². The van der Waals surface area contributed by atoms with Gasteiger partial charge < -0.3 is 4.74 Å². The third-order valence-corrected chi connectivity index (χ3v) is 3.86. The second-order valence-corrected chi connectivity index (χ2v) is 5.81. The standard InChI is InChI=1S/C18H18N4OS/c1-13-7-6-8-14(2)17(13)23-12-16-20-21-18(24)22(16)19-11-15-9-4-3-5-10-15/h3-11H,12H2,1-2H3,(H,21,24)/b19-11-. The van der Waals surface area contributed by atoms with E-state index in [4.69, 9.17) is 17.0 Å². The van der Waals surface area contributed by atoms with E-state index in [1.54, 1.807) is 10.9 Å². The minimum absolute atomic E-state index is 0.283. The van der Waals surface area contributed by atoms with Crippen LogP contribution in [-0.2, 0) is 6.61 Å². The SMILES string of the molecule is Cc1cccc(C)c1OCc1n[nH]c(=S)n1/N=C\c1ccccc1. The number of aryl methyl sites for hydroxylation is 2. The van der Waals surface area contributed by atoms with Gasteiger partial charge in [-0.1, -0.05) is 48.5 Å². The number of rotatable bonds is 5. The quantitative estimate of drug-likeness (QED) is 0.565. The van der Waals surface area contributed by atoms with Gasteiger partial charge >= 0.3 is 0 Å². The number of aromatic amines is 1. The molecular formula is C18H18N4OS. The van der Waals surface area contributed by atoms with Crippen molar-refractivity contribution >= 4 is 18.4 Å². The Kier molecular flexibility index (Phi) is 4.86. The zero-order valence-corrected chi connectivity index (χ0v) is 14.4. The Morgan fingerprint density at radius 3 is 2.54 bits per heavy atom. The van der Waals surface area contributed by atoms with E-state index in [1.807, 2.05) is 62.4 Å². The van der Waals surface area contributed by atoms with Crippen LogP contribution in [-0.4, -0.2) is 21.1 Å². The molecule has 0 bridgehead atoms. The molecule has 1 N–H and O–H groups in total. The van der Waals surface area contributed by atoms with E-state index in [9.17, 15) is 0 Å². The van der Waals surface area contributed by atoms with E-state index in [0.29, 0.717) is 10.6 Å². The summed E-state index contributed by atoms with van der Waals surface area (Å²) in [5.41, 5.74) is 3.16. The fourth-order valence-electron chi connectivity index (χ4n) is 2.36. The molecule has 0 unspecified atom stereocenters. The number of ether oxygens (including phenoxy) is 1. The second-order valence-electron chi connectivity index (χ2n) is 5.42. The van der Waals surface area contributed by atoms with Gasteiger partial charge in [-0.2, -0.15) is 14.9 Å². The van der Waals surface area contributed by atoms with E-state index in [0.717, 1.165) is 22.4 Å². The monoisotopic (exact) mass is 338 g/mol. The Bertz CT molecular complexity index is 892. The molecule has 0 aliphatic heterocycles. The second kappa shape index (κ2) is 7.23. The molecule has 2 aromatic carbocycles. The summed E-state index contributed by atoms with van der Waals surface area (Å²) < 4.78 is 7.95. The normalized spacial score (nSPS) is 11.1. The molecule has 0 fully saturated rings. The van der Waals surface area contributed by atoms with E-state index in [1.165, 1.54) is 0 Å². The van der Waals surface area contributed by atoms with Gasteiger partial charge in [0.15, 0.2) is 5.82 Å². The summed E-state index contributed by atoms with van der Waals surface area (Å²) in [6.45, 7) is 4.32. The highest BCUT2D eigenvalue weighted by atomic mass is 32.1. The number of aromatic nitrogens is 3. The number of H-pyrrole nitrogens is 1. The Hall–Kier alpha value is -2.73. The molecule has 122 valence electrons. The number of nitrogens with one attached hydrogen (secondary N) is 1. The van der Waals surface area contributed by atoms with E-state index >= 15 is 0 Å². The van der Waals surface area contributed by atoms with E-state index in [-0.39, 0.29) is 6.61 Å². The molecule has 3 aromatic rings. The Morgan fingerprint density at radius 2 is 1.83 bits per heavy atom. The fourth-order valence-corrected chi connectivity index (χ4v) is 2.56. The van der Waals surface area contributed by atoms with Crippen LogP contribution in [0.25, 0.3) is 0 Å². The smallest absolute Gasteiger partial charge is 0.216 e. The van der Waals surface area contributed by atoms with Gasteiger partial charge in [0.05, 0.1) is 6.21 Å². The van der Waals surface area contributed by atoms with Crippen molar-refractivity contribution in [3.8, 4) is 5.75 Å². The van der Waals surface area contributed by atoms with Crippen molar-refractivity contribution in [1.29, 1.82) is 0 Å². The molecular weight excluding hydrogens is 320 g/mol. The van der Waals surface area contributed by atoms with Crippen molar-refractivity contribution in [3.05, 3.63) is 75.8 Å². The predicted octanol–water partition coefficient (Wildman–Crippen LogP) is 4.02. The lowest BCUT2D eigenvalue weighted by atomic mass is 10.1. The molecule has 1 heterocycles. The van der Waals surface area contributed by atoms with Crippen LogP contribution in [0.15, 0.2) is 53.6 Å². The van der Waals surface area contributed by atoms with E-state index < -0.39 is 0 Å². The maximum Gasteiger partial charge on any atom is 0.216 e. The third-order valence-electron chi connectivity index (χ3n) is 3.59. The minimum atomic E-state index is 0.283. The molecule has 0 aliphatic carbocycles. The highest BCUT2D eigenvalue weighted by Crippen LogP contribution is 2.23. The van der Waals surface area contributed by atoms with Crippen molar-refractivity contribution in [3.63, 3.8) is 0 Å². The summed E-state index contributed by atoms with van der Waals surface area (Å²) in [5, 5.41) is 11.4. The number of para-hydroxylation sites is 1. The van der Waals surface area contributed by atoms with Crippen LogP contribution in [0.3, 0.4) is 0 Å². The van der Waals surface area contributed by atoms with Gasteiger partial charge in [-0.25, -0.2) is 5.10 Å². The van der Waals surface area contributed by atoms with Crippen molar-refractivity contribution in [2.24, 2.45) is 5.10 Å².